The first-order valence-electron chi connectivity index (χ1n) is 7.04. The number of carbonyl (C=O) groups is 1. The zero-order chi connectivity index (χ0) is 14.3. The van der Waals surface area contributed by atoms with Crippen LogP contribution in [0.25, 0.3) is 0 Å². The number of imidazole rings is 1. The van der Waals surface area contributed by atoms with Crippen molar-refractivity contribution in [1.29, 1.82) is 0 Å². The molecule has 5 heteroatoms. The van der Waals surface area contributed by atoms with Gasteiger partial charge in [-0.05, 0) is 20.3 Å². The van der Waals surface area contributed by atoms with Crippen LogP contribution in [-0.4, -0.2) is 34.1 Å². The third kappa shape index (κ3) is 5.42. The van der Waals surface area contributed by atoms with Crippen LogP contribution in [0.1, 0.15) is 39.4 Å². The second-order valence-corrected chi connectivity index (χ2v) is 5.08. The molecule has 2 atom stereocenters. The highest BCUT2D eigenvalue weighted by Gasteiger charge is 2.14. The highest BCUT2D eigenvalue weighted by Crippen LogP contribution is 1.97. The third-order valence-corrected chi connectivity index (χ3v) is 3.22. The second-order valence-electron chi connectivity index (χ2n) is 5.08. The van der Waals surface area contributed by atoms with Gasteiger partial charge in [0, 0.05) is 38.4 Å². The van der Waals surface area contributed by atoms with E-state index >= 15 is 0 Å². The zero-order valence-electron chi connectivity index (χ0n) is 12.4. The predicted octanol–water partition coefficient (Wildman–Crippen LogP) is 1.25. The average molecular weight is 266 g/mol. The van der Waals surface area contributed by atoms with Crippen LogP contribution >= 0.6 is 0 Å². The summed E-state index contributed by atoms with van der Waals surface area (Å²) in [5.41, 5.74) is 0. The van der Waals surface area contributed by atoms with Crippen LogP contribution in [0.5, 0.6) is 0 Å². The molecule has 1 rings (SSSR count). The Morgan fingerprint density at radius 2 is 2.21 bits per heavy atom. The van der Waals surface area contributed by atoms with Crippen molar-refractivity contribution >= 4 is 5.91 Å². The lowest BCUT2D eigenvalue weighted by atomic mass is 10.2. The van der Waals surface area contributed by atoms with Crippen molar-refractivity contribution in [2.75, 3.05) is 6.54 Å². The summed E-state index contributed by atoms with van der Waals surface area (Å²) in [5, 5.41) is 6.24. The molecule has 0 bridgehead atoms. The van der Waals surface area contributed by atoms with Gasteiger partial charge in [0.25, 0.3) is 0 Å². The molecule has 0 aromatic carbocycles. The van der Waals surface area contributed by atoms with Gasteiger partial charge in [-0.2, -0.15) is 0 Å². The van der Waals surface area contributed by atoms with Crippen molar-refractivity contribution in [2.45, 2.75) is 52.1 Å². The summed E-state index contributed by atoms with van der Waals surface area (Å²) in [4.78, 5) is 16.1. The molecule has 108 valence electrons. The van der Waals surface area contributed by atoms with Gasteiger partial charge in [-0.15, -0.1) is 0 Å². The Kier molecular flexibility index (Phi) is 6.56. The molecule has 5 nitrogen and oxygen atoms in total. The maximum atomic E-state index is 11.9. The molecule has 0 aliphatic heterocycles. The maximum absolute atomic E-state index is 11.9. The van der Waals surface area contributed by atoms with E-state index in [4.69, 9.17) is 0 Å². The summed E-state index contributed by atoms with van der Waals surface area (Å²) in [6.07, 6.45) is 6.65. The van der Waals surface area contributed by atoms with Crippen LogP contribution < -0.4 is 10.6 Å². The molecule has 0 saturated heterocycles. The normalized spacial score (nSPS) is 14.1. The van der Waals surface area contributed by atoms with E-state index < -0.39 is 0 Å². The van der Waals surface area contributed by atoms with Gasteiger partial charge in [0.15, 0.2) is 0 Å². The van der Waals surface area contributed by atoms with Crippen molar-refractivity contribution in [3.63, 3.8) is 0 Å². The Labute approximate surface area is 115 Å². The number of rotatable bonds is 8. The third-order valence-electron chi connectivity index (χ3n) is 3.22. The van der Waals surface area contributed by atoms with E-state index in [1.54, 1.807) is 6.20 Å². The minimum atomic E-state index is -0.167. The van der Waals surface area contributed by atoms with E-state index in [0.29, 0.717) is 0 Å². The Bertz CT molecular complexity index is 389. The first-order chi connectivity index (χ1) is 9.04. The van der Waals surface area contributed by atoms with E-state index in [9.17, 15) is 4.79 Å². The van der Waals surface area contributed by atoms with E-state index in [1.165, 1.54) is 0 Å². The first kappa shape index (κ1) is 15.7. The van der Waals surface area contributed by atoms with Crippen LogP contribution in [0, 0.1) is 0 Å². The largest absolute Gasteiger partial charge is 0.352 e. The summed E-state index contributed by atoms with van der Waals surface area (Å²) in [7, 11) is 1.98. The maximum Gasteiger partial charge on any atom is 0.237 e. The Morgan fingerprint density at radius 1 is 1.47 bits per heavy atom. The standard InChI is InChI=1S/C14H26N4O/c1-5-6-11(2)17-14(19)12(3)15-8-7-13-16-9-10-18(13)4/h9-12,15H,5-8H2,1-4H3,(H,17,19). The summed E-state index contributed by atoms with van der Waals surface area (Å²) in [6, 6.07) is 0.0795. The Morgan fingerprint density at radius 3 is 2.79 bits per heavy atom. The molecule has 0 saturated carbocycles. The van der Waals surface area contributed by atoms with Crippen molar-refractivity contribution < 1.29 is 4.79 Å². The molecule has 0 aliphatic rings. The molecule has 1 aromatic heterocycles. The molecule has 0 spiro atoms. The summed E-state index contributed by atoms with van der Waals surface area (Å²) >= 11 is 0. The molecule has 19 heavy (non-hydrogen) atoms. The average Bonchev–Trinajstić information content (AvgIpc) is 2.75. The number of aromatic nitrogens is 2. The van der Waals surface area contributed by atoms with E-state index in [0.717, 1.165) is 31.6 Å². The minimum Gasteiger partial charge on any atom is -0.352 e. The van der Waals surface area contributed by atoms with Gasteiger partial charge in [0.2, 0.25) is 5.91 Å². The predicted molar refractivity (Wildman–Crippen MR) is 76.9 cm³/mol. The van der Waals surface area contributed by atoms with Gasteiger partial charge < -0.3 is 15.2 Å². The highest BCUT2D eigenvalue weighted by molar-refractivity contribution is 5.81. The Balaban J connectivity index is 2.25. The van der Waals surface area contributed by atoms with E-state index in [2.05, 4.69) is 22.5 Å². The van der Waals surface area contributed by atoms with Crippen LogP contribution in [0.2, 0.25) is 0 Å². The van der Waals surface area contributed by atoms with Crippen LogP contribution in [0.4, 0.5) is 0 Å². The SMILES string of the molecule is CCCC(C)NC(=O)C(C)NCCc1nccn1C. The second kappa shape index (κ2) is 7.94. The van der Waals surface area contributed by atoms with Crippen molar-refractivity contribution in [3.8, 4) is 0 Å². The molecule has 0 radical (unpaired) electrons. The fourth-order valence-electron chi connectivity index (χ4n) is 2.00. The monoisotopic (exact) mass is 266 g/mol. The molecular formula is C14H26N4O. The smallest absolute Gasteiger partial charge is 0.237 e. The van der Waals surface area contributed by atoms with Gasteiger partial charge in [-0.25, -0.2) is 4.98 Å². The number of nitrogens with zero attached hydrogens (tertiary/aromatic N) is 2. The zero-order valence-corrected chi connectivity index (χ0v) is 12.4. The lowest BCUT2D eigenvalue weighted by Crippen LogP contribution is -2.46. The first-order valence-corrected chi connectivity index (χ1v) is 7.04. The van der Waals surface area contributed by atoms with Crippen LogP contribution in [0.15, 0.2) is 12.4 Å². The van der Waals surface area contributed by atoms with E-state index in [-0.39, 0.29) is 18.0 Å². The van der Waals surface area contributed by atoms with Crippen LogP contribution in [0.3, 0.4) is 0 Å². The number of carbonyl (C=O) groups excluding carboxylic acids is 1. The van der Waals surface area contributed by atoms with E-state index in [1.807, 2.05) is 31.7 Å². The van der Waals surface area contributed by atoms with Gasteiger partial charge in [-0.3, -0.25) is 4.79 Å². The molecule has 2 unspecified atom stereocenters. The molecular weight excluding hydrogens is 240 g/mol. The number of amides is 1. The van der Waals surface area contributed by atoms with Gasteiger partial charge in [-0.1, -0.05) is 13.3 Å². The Hall–Kier alpha value is -1.36. The molecule has 2 N–H and O–H groups in total. The van der Waals surface area contributed by atoms with Crippen LogP contribution in [-0.2, 0) is 18.3 Å². The fourth-order valence-corrected chi connectivity index (χ4v) is 2.00. The highest BCUT2D eigenvalue weighted by atomic mass is 16.2. The van der Waals surface area contributed by atoms with Gasteiger partial charge in [0.05, 0.1) is 6.04 Å². The minimum absolute atomic E-state index is 0.0702. The number of aryl methyl sites for hydroxylation is 1. The van der Waals surface area contributed by atoms with Gasteiger partial charge in [0.1, 0.15) is 5.82 Å². The summed E-state index contributed by atoms with van der Waals surface area (Å²) < 4.78 is 2.00. The van der Waals surface area contributed by atoms with Crippen molar-refractivity contribution in [2.24, 2.45) is 7.05 Å². The van der Waals surface area contributed by atoms with Crippen molar-refractivity contribution in [3.05, 3.63) is 18.2 Å². The number of hydrogen-bond acceptors (Lipinski definition) is 3. The lowest BCUT2D eigenvalue weighted by Gasteiger charge is -2.18. The molecule has 1 heterocycles. The molecule has 1 aromatic rings. The van der Waals surface area contributed by atoms with Crippen molar-refractivity contribution in [1.82, 2.24) is 20.2 Å². The lowest BCUT2D eigenvalue weighted by molar-refractivity contribution is -0.123. The topological polar surface area (TPSA) is 59.0 Å². The summed E-state index contributed by atoms with van der Waals surface area (Å²) in [6.45, 7) is 6.81. The van der Waals surface area contributed by atoms with Gasteiger partial charge >= 0.3 is 0 Å². The molecule has 1 amide bonds. The quantitative estimate of drug-likeness (QED) is 0.744. The molecule has 0 fully saturated rings. The summed E-state index contributed by atoms with van der Waals surface area (Å²) in [5.74, 6) is 1.10. The molecule has 0 aliphatic carbocycles. The number of hydrogen-bond donors (Lipinski definition) is 2. The number of nitrogens with one attached hydrogen (secondary N) is 2. The fraction of sp³-hybridized carbons (Fsp3) is 0.714.